The number of benzene rings is 5. The van der Waals surface area contributed by atoms with Gasteiger partial charge in [-0.25, -0.2) is 4.98 Å². The highest BCUT2D eigenvalue weighted by Crippen LogP contribution is 2.34. The summed E-state index contributed by atoms with van der Waals surface area (Å²) in [5.74, 6) is 0.923. The van der Waals surface area contributed by atoms with E-state index < -0.39 is 0 Å². The van der Waals surface area contributed by atoms with Gasteiger partial charge in [0.1, 0.15) is 0 Å². The molecular formula is C31H21N3. The molecule has 0 radical (unpaired) electrons. The zero-order valence-electron chi connectivity index (χ0n) is 18.5. The van der Waals surface area contributed by atoms with Crippen molar-refractivity contribution >= 4 is 27.8 Å². The lowest BCUT2D eigenvalue weighted by Gasteiger charge is -2.12. The van der Waals surface area contributed by atoms with Crippen LogP contribution in [-0.4, -0.2) is 14.0 Å². The predicted octanol–water partition coefficient (Wildman–Crippen LogP) is 7.77. The van der Waals surface area contributed by atoms with Crippen LogP contribution in [0.4, 0.5) is 0 Å². The van der Waals surface area contributed by atoms with Crippen molar-refractivity contribution in [1.82, 2.24) is 14.0 Å². The van der Waals surface area contributed by atoms with Crippen LogP contribution in [0.3, 0.4) is 0 Å². The molecule has 7 aromatic rings. The van der Waals surface area contributed by atoms with E-state index in [1.807, 2.05) is 6.07 Å². The van der Waals surface area contributed by atoms with Gasteiger partial charge in [-0.05, 0) is 64.7 Å². The van der Waals surface area contributed by atoms with Crippen molar-refractivity contribution in [2.45, 2.75) is 0 Å². The van der Waals surface area contributed by atoms with Crippen molar-refractivity contribution in [3.05, 3.63) is 127 Å². The number of hydrogen-bond acceptors (Lipinski definition) is 1. The van der Waals surface area contributed by atoms with Crippen LogP contribution in [0.15, 0.2) is 127 Å². The molecule has 0 aliphatic carbocycles. The fourth-order valence-electron chi connectivity index (χ4n) is 4.94. The molecule has 0 fully saturated rings. The number of aromatic nitrogens is 3. The lowest BCUT2D eigenvalue weighted by Crippen LogP contribution is -1.97. The molecule has 160 valence electrons. The molecule has 2 aromatic heterocycles. The molecule has 34 heavy (non-hydrogen) atoms. The Hall–Kier alpha value is -4.63. The van der Waals surface area contributed by atoms with E-state index in [0.717, 1.165) is 33.5 Å². The molecule has 0 bridgehead atoms. The van der Waals surface area contributed by atoms with Crippen LogP contribution in [-0.2, 0) is 0 Å². The number of nitrogens with zero attached hydrogens (tertiary/aromatic N) is 3. The van der Waals surface area contributed by atoms with Gasteiger partial charge in [0.05, 0.1) is 27.8 Å². The quantitative estimate of drug-likeness (QED) is 0.278. The molecule has 0 aliphatic heterocycles. The molecule has 7 rings (SSSR count). The van der Waals surface area contributed by atoms with Gasteiger partial charge in [-0.15, -0.1) is 0 Å². The largest absolute Gasteiger partial charge is 0.278 e. The van der Waals surface area contributed by atoms with Gasteiger partial charge in [0.2, 0.25) is 5.78 Å². The Morgan fingerprint density at radius 1 is 0.441 bits per heavy atom. The van der Waals surface area contributed by atoms with E-state index in [0.29, 0.717) is 0 Å². The Morgan fingerprint density at radius 3 is 1.62 bits per heavy atom. The van der Waals surface area contributed by atoms with Gasteiger partial charge < -0.3 is 0 Å². The lowest BCUT2D eigenvalue weighted by atomic mass is 9.98. The van der Waals surface area contributed by atoms with Gasteiger partial charge in [-0.3, -0.25) is 8.97 Å². The minimum absolute atomic E-state index is 0.923. The van der Waals surface area contributed by atoms with E-state index in [9.17, 15) is 0 Å². The first-order valence-electron chi connectivity index (χ1n) is 11.5. The average molecular weight is 436 g/mol. The molecule has 3 nitrogen and oxygen atoms in total. The van der Waals surface area contributed by atoms with Gasteiger partial charge in [0, 0.05) is 0 Å². The molecule has 0 amide bonds. The van der Waals surface area contributed by atoms with Crippen molar-refractivity contribution in [2.24, 2.45) is 0 Å². The number of fused-ring (bicyclic) bond motifs is 5. The summed E-state index contributed by atoms with van der Waals surface area (Å²) >= 11 is 0. The minimum Gasteiger partial charge on any atom is -0.278 e. The second-order valence-electron chi connectivity index (χ2n) is 8.56. The van der Waals surface area contributed by atoms with Crippen LogP contribution in [0.25, 0.3) is 55.8 Å². The lowest BCUT2D eigenvalue weighted by molar-refractivity contribution is 1.11. The van der Waals surface area contributed by atoms with E-state index in [2.05, 4.69) is 130 Å². The van der Waals surface area contributed by atoms with E-state index in [4.69, 9.17) is 4.98 Å². The highest BCUT2D eigenvalue weighted by molar-refractivity contribution is 5.92. The third kappa shape index (κ3) is 2.87. The average Bonchev–Trinajstić information content (AvgIpc) is 3.44. The topological polar surface area (TPSA) is 22.2 Å². The summed E-state index contributed by atoms with van der Waals surface area (Å²) in [5, 5.41) is 0. The first-order chi connectivity index (χ1) is 16.9. The standard InChI is InChI=1S/C31H21N3/c1-3-11-22(12-4-1)24-19-25(23-13-5-2-6-14-23)21-26(20-24)33-29-17-9-10-18-30(29)34-28-16-8-7-15-27(28)32-31(33)34/h1-21H. The van der Waals surface area contributed by atoms with E-state index in [1.165, 1.54) is 22.3 Å². The van der Waals surface area contributed by atoms with Crippen LogP contribution in [0.5, 0.6) is 0 Å². The van der Waals surface area contributed by atoms with E-state index in [-0.39, 0.29) is 0 Å². The van der Waals surface area contributed by atoms with Crippen molar-refractivity contribution in [2.75, 3.05) is 0 Å². The van der Waals surface area contributed by atoms with Crippen molar-refractivity contribution < 1.29 is 0 Å². The van der Waals surface area contributed by atoms with Gasteiger partial charge in [-0.2, -0.15) is 0 Å². The van der Waals surface area contributed by atoms with E-state index in [1.54, 1.807) is 0 Å². The molecule has 0 spiro atoms. The van der Waals surface area contributed by atoms with Gasteiger partial charge in [0.25, 0.3) is 0 Å². The molecule has 0 unspecified atom stereocenters. The van der Waals surface area contributed by atoms with Crippen molar-refractivity contribution in [3.8, 4) is 27.9 Å². The van der Waals surface area contributed by atoms with Crippen LogP contribution < -0.4 is 0 Å². The summed E-state index contributed by atoms with van der Waals surface area (Å²) in [4.78, 5) is 5.06. The third-order valence-electron chi connectivity index (χ3n) is 6.50. The van der Waals surface area contributed by atoms with Crippen LogP contribution in [0.2, 0.25) is 0 Å². The summed E-state index contributed by atoms with van der Waals surface area (Å²) < 4.78 is 4.55. The Bertz CT molecular complexity index is 1730. The Balaban J connectivity index is 1.59. The number of rotatable bonds is 3. The SMILES string of the molecule is c1ccc(-c2cc(-c3ccccc3)cc(-n3c4ccccc4n4c5ccccc5nc34)c2)cc1. The first-order valence-corrected chi connectivity index (χ1v) is 11.5. The van der Waals surface area contributed by atoms with Gasteiger partial charge in [0.15, 0.2) is 0 Å². The molecule has 0 N–H and O–H groups in total. The normalized spacial score (nSPS) is 11.5. The second kappa shape index (κ2) is 7.46. The molecule has 2 heterocycles. The number of para-hydroxylation sites is 4. The Kier molecular flexibility index (Phi) is 4.15. The summed E-state index contributed by atoms with van der Waals surface area (Å²) in [7, 11) is 0. The summed E-state index contributed by atoms with van der Waals surface area (Å²) in [6, 6.07) is 44.9. The van der Waals surface area contributed by atoms with E-state index >= 15 is 0 Å². The predicted molar refractivity (Wildman–Crippen MR) is 140 cm³/mol. The van der Waals surface area contributed by atoms with Crippen LogP contribution in [0, 0.1) is 0 Å². The van der Waals surface area contributed by atoms with Gasteiger partial charge >= 0.3 is 0 Å². The zero-order chi connectivity index (χ0) is 22.5. The van der Waals surface area contributed by atoms with Crippen LogP contribution >= 0.6 is 0 Å². The van der Waals surface area contributed by atoms with Gasteiger partial charge in [-0.1, -0.05) is 84.9 Å². The zero-order valence-corrected chi connectivity index (χ0v) is 18.5. The smallest absolute Gasteiger partial charge is 0.220 e. The monoisotopic (exact) mass is 435 g/mol. The molecule has 0 saturated heterocycles. The maximum atomic E-state index is 5.06. The summed E-state index contributed by atoms with van der Waals surface area (Å²) in [6.45, 7) is 0. The highest BCUT2D eigenvalue weighted by atomic mass is 15.2. The molecule has 0 atom stereocenters. The maximum absolute atomic E-state index is 5.06. The fourth-order valence-corrected chi connectivity index (χ4v) is 4.94. The highest BCUT2D eigenvalue weighted by Gasteiger charge is 2.18. The molecule has 3 heteroatoms. The Labute approximate surface area is 197 Å². The third-order valence-corrected chi connectivity index (χ3v) is 6.50. The van der Waals surface area contributed by atoms with Crippen LogP contribution in [0.1, 0.15) is 0 Å². The Morgan fingerprint density at radius 2 is 0.971 bits per heavy atom. The molecule has 5 aromatic carbocycles. The maximum Gasteiger partial charge on any atom is 0.220 e. The second-order valence-corrected chi connectivity index (χ2v) is 8.56. The summed E-state index contributed by atoms with van der Waals surface area (Å²) in [6.07, 6.45) is 0. The number of imidazole rings is 2. The number of hydrogen-bond donors (Lipinski definition) is 0. The first kappa shape index (κ1) is 18.9. The van der Waals surface area contributed by atoms with Crippen molar-refractivity contribution in [3.63, 3.8) is 0 Å². The minimum atomic E-state index is 0.923. The summed E-state index contributed by atoms with van der Waals surface area (Å²) in [5.41, 5.74) is 10.3. The molecular weight excluding hydrogens is 414 g/mol. The molecule has 0 aliphatic rings. The van der Waals surface area contributed by atoms with Crippen molar-refractivity contribution in [1.29, 1.82) is 0 Å². The fraction of sp³-hybridized carbons (Fsp3) is 0. The molecule has 0 saturated carbocycles.